The summed E-state index contributed by atoms with van der Waals surface area (Å²) >= 11 is 0. The van der Waals surface area contributed by atoms with Crippen molar-refractivity contribution >= 4 is 0 Å². The Balaban J connectivity index is 1.07. The van der Waals surface area contributed by atoms with Crippen LogP contribution in [0.4, 0.5) is 0 Å². The summed E-state index contributed by atoms with van der Waals surface area (Å²) in [6, 6.07) is 40.2. The van der Waals surface area contributed by atoms with Crippen LogP contribution in [0.5, 0.6) is 0 Å². The van der Waals surface area contributed by atoms with Gasteiger partial charge < -0.3 is 52.1 Å². The predicted molar refractivity (Wildman–Crippen MR) is 208 cm³/mol. The van der Waals surface area contributed by atoms with Crippen LogP contribution in [0.1, 0.15) is 49.9 Å². The Bertz CT molecular complexity index is 1810. The van der Waals surface area contributed by atoms with Gasteiger partial charge in [-0.1, -0.05) is 121 Å². The Morgan fingerprint density at radius 1 is 0.509 bits per heavy atom. The van der Waals surface area contributed by atoms with Crippen molar-refractivity contribution in [3.63, 3.8) is 0 Å². The van der Waals surface area contributed by atoms with E-state index < -0.39 is 73.0 Å². The molecule has 10 atom stereocenters. The lowest BCUT2D eigenvalue weighted by Crippen LogP contribution is -2.56. The summed E-state index contributed by atoms with van der Waals surface area (Å²) in [5, 5.41) is 0. The summed E-state index contributed by atoms with van der Waals surface area (Å²) in [5.41, 5.74) is 4.11. The monoisotopic (exact) mass is 782 g/mol. The molecule has 4 aliphatic rings. The standard InChI is InChI=1S/C46H54O11/c1-45(2)54-38-36(52-44-42(40(38)55-45)56-46(3,4)57-44)30-51-43-41(50-28-34-23-15-8-16-24-34)39(49-27-33-21-13-7-14-22-33)37(53-43)35(48-26-32-19-11-6-12-20-32)29-47-25-31-17-9-5-10-18-31/h5-24,35-44H,25-30H2,1-4H3/t35-,36-,37-,38+,39+,40+,41-,42-,43-,44-/m1/s1. The van der Waals surface area contributed by atoms with Crippen molar-refractivity contribution in [2.75, 3.05) is 13.2 Å². The zero-order valence-corrected chi connectivity index (χ0v) is 33.1. The molecule has 0 radical (unpaired) electrons. The van der Waals surface area contributed by atoms with E-state index in [9.17, 15) is 0 Å². The molecule has 4 aliphatic heterocycles. The van der Waals surface area contributed by atoms with Crippen molar-refractivity contribution < 1.29 is 52.1 Å². The molecule has 11 heteroatoms. The van der Waals surface area contributed by atoms with Gasteiger partial charge in [-0.2, -0.15) is 0 Å². The molecular weight excluding hydrogens is 728 g/mol. The third kappa shape index (κ3) is 10.2. The van der Waals surface area contributed by atoms with Gasteiger partial charge in [0.25, 0.3) is 0 Å². The van der Waals surface area contributed by atoms with E-state index in [1.807, 2.05) is 149 Å². The molecule has 0 spiro atoms. The molecule has 0 amide bonds. The lowest BCUT2D eigenvalue weighted by Gasteiger charge is -2.37. The molecule has 0 aliphatic carbocycles. The zero-order chi connectivity index (χ0) is 39.2. The number of benzene rings is 4. The minimum absolute atomic E-state index is 0.0989. The highest BCUT2D eigenvalue weighted by Gasteiger charge is 2.61. The van der Waals surface area contributed by atoms with E-state index in [4.69, 9.17) is 52.1 Å². The van der Waals surface area contributed by atoms with E-state index in [0.29, 0.717) is 26.4 Å². The van der Waals surface area contributed by atoms with Crippen molar-refractivity contribution in [3.05, 3.63) is 144 Å². The maximum atomic E-state index is 6.92. The second-order valence-corrected chi connectivity index (χ2v) is 15.9. The van der Waals surface area contributed by atoms with Gasteiger partial charge in [-0.25, -0.2) is 0 Å². The third-order valence-corrected chi connectivity index (χ3v) is 10.5. The van der Waals surface area contributed by atoms with Crippen LogP contribution in [-0.2, 0) is 78.5 Å². The molecule has 8 rings (SSSR count). The normalized spacial score (nSPS) is 30.5. The number of fused-ring (bicyclic) bond motifs is 3. The highest BCUT2D eigenvalue weighted by atomic mass is 16.9. The summed E-state index contributed by atoms with van der Waals surface area (Å²) in [4.78, 5) is 0. The number of hydrogen-bond acceptors (Lipinski definition) is 11. The van der Waals surface area contributed by atoms with E-state index in [0.717, 1.165) is 22.3 Å². The Morgan fingerprint density at radius 3 is 1.60 bits per heavy atom. The fraction of sp³-hybridized carbons (Fsp3) is 0.478. The van der Waals surface area contributed by atoms with Crippen molar-refractivity contribution in [2.45, 2.75) is 127 Å². The molecule has 0 bridgehead atoms. The quantitative estimate of drug-likeness (QED) is 0.110. The highest BCUT2D eigenvalue weighted by molar-refractivity contribution is 5.16. The predicted octanol–water partition coefficient (Wildman–Crippen LogP) is 7.10. The zero-order valence-electron chi connectivity index (χ0n) is 33.1. The van der Waals surface area contributed by atoms with E-state index in [2.05, 4.69) is 0 Å². The largest absolute Gasteiger partial charge is 0.374 e. The first kappa shape index (κ1) is 40.2. The van der Waals surface area contributed by atoms with E-state index in [-0.39, 0.29) is 13.2 Å². The molecule has 0 saturated carbocycles. The lowest BCUT2D eigenvalue weighted by molar-refractivity contribution is -0.263. The van der Waals surface area contributed by atoms with E-state index >= 15 is 0 Å². The summed E-state index contributed by atoms with van der Waals surface area (Å²) in [7, 11) is 0. The maximum Gasteiger partial charge on any atom is 0.190 e. The van der Waals surface area contributed by atoms with Crippen LogP contribution in [-0.4, -0.2) is 86.2 Å². The van der Waals surface area contributed by atoms with Gasteiger partial charge in [0.05, 0.1) is 39.6 Å². The van der Waals surface area contributed by atoms with E-state index in [1.165, 1.54) is 0 Å². The summed E-state index contributed by atoms with van der Waals surface area (Å²) in [6.07, 6.45) is -5.90. The lowest BCUT2D eigenvalue weighted by atomic mass is 9.99. The van der Waals surface area contributed by atoms with Gasteiger partial charge in [-0.3, -0.25) is 0 Å². The van der Waals surface area contributed by atoms with Crippen molar-refractivity contribution in [3.8, 4) is 0 Å². The van der Waals surface area contributed by atoms with Crippen LogP contribution < -0.4 is 0 Å². The minimum atomic E-state index is -0.872. The molecule has 4 fully saturated rings. The topological polar surface area (TPSA) is 102 Å². The Kier molecular flexibility index (Phi) is 12.8. The maximum absolute atomic E-state index is 6.92. The molecular formula is C46H54O11. The Morgan fingerprint density at radius 2 is 1.00 bits per heavy atom. The van der Waals surface area contributed by atoms with Crippen molar-refractivity contribution in [1.82, 2.24) is 0 Å². The second kappa shape index (κ2) is 18.1. The molecule has 0 unspecified atom stereocenters. The molecule has 0 aromatic heterocycles. The molecule has 57 heavy (non-hydrogen) atoms. The van der Waals surface area contributed by atoms with Crippen LogP contribution in [0.25, 0.3) is 0 Å². The molecule has 4 saturated heterocycles. The van der Waals surface area contributed by atoms with Gasteiger partial charge in [0.15, 0.2) is 24.2 Å². The highest BCUT2D eigenvalue weighted by Crippen LogP contribution is 2.44. The number of ether oxygens (including phenoxy) is 11. The average molecular weight is 783 g/mol. The van der Waals surface area contributed by atoms with Gasteiger partial charge in [-0.05, 0) is 49.9 Å². The van der Waals surface area contributed by atoms with Gasteiger partial charge in [0.1, 0.15) is 48.8 Å². The number of rotatable bonds is 17. The van der Waals surface area contributed by atoms with Crippen LogP contribution in [0.2, 0.25) is 0 Å². The molecule has 4 aromatic carbocycles. The van der Waals surface area contributed by atoms with Crippen LogP contribution in [0, 0.1) is 0 Å². The van der Waals surface area contributed by atoms with Crippen molar-refractivity contribution in [1.29, 1.82) is 0 Å². The van der Waals surface area contributed by atoms with E-state index in [1.54, 1.807) is 0 Å². The van der Waals surface area contributed by atoms with Gasteiger partial charge in [0.2, 0.25) is 0 Å². The average Bonchev–Trinajstić information content (AvgIpc) is 3.86. The molecule has 4 heterocycles. The fourth-order valence-corrected chi connectivity index (χ4v) is 7.88. The first-order valence-electron chi connectivity index (χ1n) is 19.9. The first-order valence-corrected chi connectivity index (χ1v) is 19.9. The third-order valence-electron chi connectivity index (χ3n) is 10.5. The molecule has 11 nitrogen and oxygen atoms in total. The van der Waals surface area contributed by atoms with Crippen LogP contribution in [0.3, 0.4) is 0 Å². The summed E-state index contributed by atoms with van der Waals surface area (Å²) in [6.45, 7) is 9.25. The van der Waals surface area contributed by atoms with Gasteiger partial charge in [0, 0.05) is 0 Å². The minimum Gasteiger partial charge on any atom is -0.374 e. The fourth-order valence-electron chi connectivity index (χ4n) is 7.88. The molecule has 4 aromatic rings. The van der Waals surface area contributed by atoms with Crippen LogP contribution >= 0.6 is 0 Å². The smallest absolute Gasteiger partial charge is 0.190 e. The molecule has 0 N–H and O–H groups in total. The van der Waals surface area contributed by atoms with Gasteiger partial charge >= 0.3 is 0 Å². The van der Waals surface area contributed by atoms with Crippen LogP contribution in [0.15, 0.2) is 121 Å². The summed E-state index contributed by atoms with van der Waals surface area (Å²) in [5.74, 6) is -1.69. The SMILES string of the molecule is CC1(C)O[C@H]2[C@@H](O1)[C@@H](CO[C@@H]1O[C@H]([C@@H](COCc3ccccc3)OCc3ccccc3)[C@H](OCc3ccccc3)[C@H]1OCc1ccccc1)O[C@@H]1OC(C)(C)O[C@@H]12. The number of hydrogen-bond donors (Lipinski definition) is 0. The van der Waals surface area contributed by atoms with Gasteiger partial charge in [-0.15, -0.1) is 0 Å². The van der Waals surface area contributed by atoms with Crippen molar-refractivity contribution in [2.24, 2.45) is 0 Å². The first-order chi connectivity index (χ1) is 27.7. The Labute approximate surface area is 335 Å². The Hall–Kier alpha value is -3.56. The summed E-state index contributed by atoms with van der Waals surface area (Å²) < 4.78 is 72.0. The second-order valence-electron chi connectivity index (χ2n) is 15.9. The molecule has 304 valence electrons.